The molecular weight excluding hydrogens is 228 g/mol. The van der Waals surface area contributed by atoms with Crippen molar-refractivity contribution in [3.05, 3.63) is 5.82 Å². The summed E-state index contributed by atoms with van der Waals surface area (Å²) >= 11 is 0. The van der Waals surface area contributed by atoms with E-state index >= 15 is 0 Å². The number of hydrogen-bond donors (Lipinski definition) is 1. The van der Waals surface area contributed by atoms with Crippen molar-refractivity contribution in [2.24, 2.45) is 13.0 Å². The zero-order chi connectivity index (χ0) is 12.5. The number of tetrazole rings is 1. The maximum absolute atomic E-state index is 4.29. The molecule has 2 atom stereocenters. The molecule has 2 fully saturated rings. The van der Waals surface area contributed by atoms with Crippen LogP contribution in [0.5, 0.6) is 0 Å². The Morgan fingerprint density at radius 3 is 2.83 bits per heavy atom. The van der Waals surface area contributed by atoms with E-state index in [2.05, 4.69) is 32.6 Å². The lowest BCUT2D eigenvalue weighted by atomic mass is 10.0. The van der Waals surface area contributed by atoms with E-state index in [0.717, 1.165) is 31.4 Å². The van der Waals surface area contributed by atoms with E-state index in [4.69, 9.17) is 0 Å². The van der Waals surface area contributed by atoms with Crippen molar-refractivity contribution in [3.63, 3.8) is 0 Å². The third kappa shape index (κ3) is 2.54. The van der Waals surface area contributed by atoms with Gasteiger partial charge in [0.05, 0.1) is 13.6 Å². The van der Waals surface area contributed by atoms with Gasteiger partial charge in [0.2, 0.25) is 0 Å². The van der Waals surface area contributed by atoms with Crippen molar-refractivity contribution in [3.8, 4) is 0 Å². The summed E-state index contributed by atoms with van der Waals surface area (Å²) in [7, 11) is 1.82. The Hall–Kier alpha value is -1.01. The van der Waals surface area contributed by atoms with Crippen LogP contribution < -0.4 is 5.32 Å². The van der Waals surface area contributed by atoms with Gasteiger partial charge in [-0.2, -0.15) is 4.80 Å². The highest BCUT2D eigenvalue weighted by Gasteiger charge is 2.36. The van der Waals surface area contributed by atoms with E-state index in [0.29, 0.717) is 12.1 Å². The highest BCUT2D eigenvalue weighted by Crippen LogP contribution is 2.34. The van der Waals surface area contributed by atoms with Crippen molar-refractivity contribution in [2.45, 2.75) is 44.8 Å². The summed E-state index contributed by atoms with van der Waals surface area (Å²) in [5.41, 5.74) is 0. The Labute approximate surface area is 108 Å². The zero-order valence-corrected chi connectivity index (χ0v) is 11.2. The lowest BCUT2D eigenvalue weighted by Crippen LogP contribution is -2.56. The van der Waals surface area contributed by atoms with Gasteiger partial charge in [-0.05, 0) is 30.4 Å². The minimum Gasteiger partial charge on any atom is -0.311 e. The number of piperazine rings is 1. The Balaban J connectivity index is 1.65. The highest BCUT2D eigenvalue weighted by molar-refractivity contribution is 4.95. The molecule has 0 aromatic carbocycles. The van der Waals surface area contributed by atoms with Crippen LogP contribution in [0.15, 0.2) is 0 Å². The van der Waals surface area contributed by atoms with Crippen LogP contribution in [0.3, 0.4) is 0 Å². The van der Waals surface area contributed by atoms with Crippen LogP contribution in [-0.4, -0.2) is 50.3 Å². The SMILES string of the molecule is CCC1CNC(C2CC2)CN1Cc1nnn(C)n1. The molecule has 1 saturated heterocycles. The van der Waals surface area contributed by atoms with Gasteiger partial charge in [-0.15, -0.1) is 10.2 Å². The molecule has 0 bridgehead atoms. The average molecular weight is 250 g/mol. The average Bonchev–Trinajstić information content (AvgIpc) is 3.14. The van der Waals surface area contributed by atoms with Gasteiger partial charge in [-0.3, -0.25) is 4.90 Å². The van der Waals surface area contributed by atoms with E-state index in [1.165, 1.54) is 24.1 Å². The summed E-state index contributed by atoms with van der Waals surface area (Å²) in [5, 5.41) is 16.0. The van der Waals surface area contributed by atoms with E-state index in [1.807, 2.05) is 7.05 Å². The van der Waals surface area contributed by atoms with E-state index < -0.39 is 0 Å². The molecule has 3 rings (SSSR count). The summed E-state index contributed by atoms with van der Waals surface area (Å²) in [6, 6.07) is 1.27. The second-order valence-electron chi connectivity index (χ2n) is 5.54. The molecule has 1 N–H and O–H groups in total. The van der Waals surface area contributed by atoms with Crippen molar-refractivity contribution >= 4 is 0 Å². The molecule has 6 nitrogen and oxygen atoms in total. The Kier molecular flexibility index (Phi) is 3.30. The number of hydrogen-bond acceptors (Lipinski definition) is 5. The first-order chi connectivity index (χ1) is 8.76. The fraction of sp³-hybridized carbons (Fsp3) is 0.917. The van der Waals surface area contributed by atoms with Crippen LogP contribution in [0, 0.1) is 5.92 Å². The van der Waals surface area contributed by atoms with Gasteiger partial charge in [-0.25, -0.2) is 0 Å². The van der Waals surface area contributed by atoms with Crippen LogP contribution in [0.2, 0.25) is 0 Å². The fourth-order valence-electron chi connectivity index (χ4n) is 2.86. The van der Waals surface area contributed by atoms with Gasteiger partial charge < -0.3 is 5.32 Å². The number of rotatable bonds is 4. The predicted octanol–water partition coefficient (Wildman–Crippen LogP) is 0.173. The molecule has 0 spiro atoms. The van der Waals surface area contributed by atoms with Gasteiger partial charge in [0, 0.05) is 25.2 Å². The molecule has 1 saturated carbocycles. The summed E-state index contributed by atoms with van der Waals surface area (Å²) in [6.45, 7) is 5.30. The number of aromatic nitrogens is 4. The smallest absolute Gasteiger partial charge is 0.188 e. The maximum atomic E-state index is 4.29. The van der Waals surface area contributed by atoms with Crippen LogP contribution in [-0.2, 0) is 13.6 Å². The first-order valence-corrected chi connectivity index (χ1v) is 6.96. The second-order valence-corrected chi connectivity index (χ2v) is 5.54. The monoisotopic (exact) mass is 250 g/mol. The minimum absolute atomic E-state index is 0.601. The molecule has 2 heterocycles. The molecule has 1 aliphatic heterocycles. The van der Waals surface area contributed by atoms with Crippen molar-refractivity contribution in [1.82, 2.24) is 30.4 Å². The summed E-state index contributed by atoms with van der Waals surface area (Å²) < 4.78 is 0. The third-order valence-corrected chi connectivity index (χ3v) is 4.12. The Morgan fingerprint density at radius 2 is 2.22 bits per heavy atom. The van der Waals surface area contributed by atoms with Gasteiger partial charge in [0.15, 0.2) is 5.82 Å². The normalized spacial score (nSPS) is 29.7. The Morgan fingerprint density at radius 1 is 1.39 bits per heavy atom. The number of nitrogens with zero attached hydrogens (tertiary/aromatic N) is 5. The summed E-state index contributed by atoms with van der Waals surface area (Å²) in [6.07, 6.45) is 3.96. The molecule has 6 heteroatoms. The quantitative estimate of drug-likeness (QED) is 0.825. The topological polar surface area (TPSA) is 58.9 Å². The summed E-state index contributed by atoms with van der Waals surface area (Å²) in [5.74, 6) is 1.74. The second kappa shape index (κ2) is 4.93. The van der Waals surface area contributed by atoms with Crippen molar-refractivity contribution in [2.75, 3.05) is 13.1 Å². The first kappa shape index (κ1) is 12.0. The molecule has 1 aliphatic carbocycles. The molecule has 2 unspecified atom stereocenters. The molecule has 100 valence electrons. The van der Waals surface area contributed by atoms with Crippen LogP contribution in [0.25, 0.3) is 0 Å². The standard InChI is InChI=1S/C12H22N6/c1-3-10-6-13-11(9-4-5-9)7-18(10)8-12-14-16-17(2)15-12/h9-11,13H,3-8H2,1-2H3. The van der Waals surface area contributed by atoms with Gasteiger partial charge in [0.25, 0.3) is 0 Å². The van der Waals surface area contributed by atoms with E-state index in [1.54, 1.807) is 0 Å². The predicted molar refractivity (Wildman–Crippen MR) is 67.8 cm³/mol. The molecule has 0 amide bonds. The van der Waals surface area contributed by atoms with Crippen LogP contribution in [0.4, 0.5) is 0 Å². The lowest BCUT2D eigenvalue weighted by Gasteiger charge is -2.39. The third-order valence-electron chi connectivity index (χ3n) is 4.12. The van der Waals surface area contributed by atoms with Crippen molar-refractivity contribution < 1.29 is 0 Å². The first-order valence-electron chi connectivity index (χ1n) is 6.96. The fourth-order valence-corrected chi connectivity index (χ4v) is 2.86. The minimum atomic E-state index is 0.601. The molecule has 1 aromatic rings. The molecule has 0 radical (unpaired) electrons. The van der Waals surface area contributed by atoms with Crippen LogP contribution in [0.1, 0.15) is 32.0 Å². The molecule has 18 heavy (non-hydrogen) atoms. The summed E-state index contributed by atoms with van der Waals surface area (Å²) in [4.78, 5) is 4.06. The maximum Gasteiger partial charge on any atom is 0.188 e. The van der Waals surface area contributed by atoms with E-state index in [9.17, 15) is 0 Å². The van der Waals surface area contributed by atoms with Crippen molar-refractivity contribution in [1.29, 1.82) is 0 Å². The highest BCUT2D eigenvalue weighted by atomic mass is 15.6. The van der Waals surface area contributed by atoms with Gasteiger partial charge in [0.1, 0.15) is 0 Å². The van der Waals surface area contributed by atoms with Gasteiger partial charge in [-0.1, -0.05) is 6.92 Å². The number of aryl methyl sites for hydroxylation is 1. The Bertz CT molecular complexity index is 399. The lowest BCUT2D eigenvalue weighted by molar-refractivity contribution is 0.109. The van der Waals surface area contributed by atoms with Crippen LogP contribution >= 0.6 is 0 Å². The zero-order valence-electron chi connectivity index (χ0n) is 11.2. The molecular formula is C12H22N6. The molecule has 2 aliphatic rings. The number of nitrogens with one attached hydrogen (secondary N) is 1. The largest absolute Gasteiger partial charge is 0.311 e. The molecule has 1 aromatic heterocycles. The van der Waals surface area contributed by atoms with Gasteiger partial charge >= 0.3 is 0 Å². The van der Waals surface area contributed by atoms with E-state index in [-0.39, 0.29) is 0 Å².